The van der Waals surface area contributed by atoms with Crippen LogP contribution in [-0.4, -0.2) is 33.8 Å². The topological polar surface area (TPSA) is 72.5 Å². The first-order chi connectivity index (χ1) is 8.39. The lowest BCUT2D eigenvalue weighted by molar-refractivity contribution is -0.119. The Bertz CT molecular complexity index is 530. The van der Waals surface area contributed by atoms with Crippen molar-refractivity contribution >= 4 is 21.4 Å². The number of amides is 1. The molecule has 0 heterocycles. The van der Waals surface area contributed by atoms with Crippen LogP contribution in [0.3, 0.4) is 0 Å². The highest BCUT2D eigenvalue weighted by Crippen LogP contribution is 2.25. The molecule has 0 aliphatic rings. The van der Waals surface area contributed by atoms with Crippen LogP contribution in [0.2, 0.25) is 0 Å². The molecular weight excluding hydrogens is 268 g/mol. The molecule has 0 bridgehead atoms. The van der Waals surface area contributed by atoms with Gasteiger partial charge in [-0.05, 0) is 12.1 Å². The van der Waals surface area contributed by atoms with E-state index in [1.807, 2.05) is 0 Å². The summed E-state index contributed by atoms with van der Waals surface area (Å²) in [7, 11) is -3.48. The number of benzene rings is 1. The highest BCUT2D eigenvalue weighted by molar-refractivity contribution is 7.91. The van der Waals surface area contributed by atoms with Crippen LogP contribution in [0.15, 0.2) is 29.2 Å². The minimum Gasteiger partial charge on any atom is -0.375 e. The van der Waals surface area contributed by atoms with E-state index in [0.29, 0.717) is 0 Å². The molecule has 1 amide bonds. The van der Waals surface area contributed by atoms with Crippen LogP contribution < -0.4 is 5.32 Å². The van der Waals surface area contributed by atoms with E-state index in [-0.39, 0.29) is 12.3 Å². The largest absolute Gasteiger partial charge is 0.375 e. The van der Waals surface area contributed by atoms with E-state index in [2.05, 4.69) is 10.1 Å². The number of alkyl halides is 2. The van der Waals surface area contributed by atoms with Gasteiger partial charge in [-0.1, -0.05) is 12.1 Å². The van der Waals surface area contributed by atoms with E-state index in [1.165, 1.54) is 25.3 Å². The maximum Gasteiger partial charge on any atom is 0.341 e. The quantitative estimate of drug-likeness (QED) is 0.881. The fourth-order valence-corrected chi connectivity index (χ4v) is 2.12. The third-order valence-corrected chi connectivity index (χ3v) is 3.42. The first kappa shape index (κ1) is 14.5. The van der Waals surface area contributed by atoms with Gasteiger partial charge in [0.1, 0.15) is 6.61 Å². The van der Waals surface area contributed by atoms with Gasteiger partial charge >= 0.3 is 5.76 Å². The maximum atomic E-state index is 12.4. The lowest BCUT2D eigenvalue weighted by Crippen LogP contribution is -2.20. The van der Waals surface area contributed by atoms with Crippen LogP contribution in [0, 0.1) is 0 Å². The van der Waals surface area contributed by atoms with Crippen molar-refractivity contribution in [2.24, 2.45) is 0 Å². The van der Waals surface area contributed by atoms with E-state index in [0.717, 1.165) is 6.07 Å². The van der Waals surface area contributed by atoms with Gasteiger partial charge in [-0.2, -0.15) is 8.78 Å². The van der Waals surface area contributed by atoms with Gasteiger partial charge in [0.05, 0.1) is 10.6 Å². The van der Waals surface area contributed by atoms with Crippen LogP contribution in [0.4, 0.5) is 14.5 Å². The first-order valence-corrected chi connectivity index (χ1v) is 6.34. The molecule has 0 aliphatic heterocycles. The van der Waals surface area contributed by atoms with Crippen molar-refractivity contribution in [2.45, 2.75) is 10.7 Å². The molecule has 100 valence electrons. The molecule has 0 aliphatic carbocycles. The van der Waals surface area contributed by atoms with Crippen LogP contribution in [0.5, 0.6) is 0 Å². The average molecular weight is 279 g/mol. The number of hydrogen-bond acceptors (Lipinski definition) is 4. The summed E-state index contributed by atoms with van der Waals surface area (Å²) in [6, 6.07) is 4.95. The fourth-order valence-electron chi connectivity index (χ4n) is 1.23. The Morgan fingerprint density at radius 3 is 2.56 bits per heavy atom. The van der Waals surface area contributed by atoms with Gasteiger partial charge in [0, 0.05) is 7.11 Å². The van der Waals surface area contributed by atoms with Crippen molar-refractivity contribution in [1.82, 2.24) is 0 Å². The second-order valence-electron chi connectivity index (χ2n) is 3.28. The summed E-state index contributed by atoms with van der Waals surface area (Å²) < 4.78 is 52.1. The third kappa shape index (κ3) is 3.23. The van der Waals surface area contributed by atoms with Crippen LogP contribution >= 0.6 is 0 Å². The number of halogens is 2. The fraction of sp³-hybridized carbons (Fsp3) is 0.300. The van der Waals surface area contributed by atoms with Crippen molar-refractivity contribution in [2.75, 3.05) is 19.0 Å². The Morgan fingerprint density at radius 1 is 1.39 bits per heavy atom. The Hall–Kier alpha value is -1.54. The number of para-hydroxylation sites is 1. The van der Waals surface area contributed by atoms with Gasteiger partial charge in [-0.25, -0.2) is 8.42 Å². The van der Waals surface area contributed by atoms with Crippen LogP contribution in [-0.2, 0) is 19.4 Å². The van der Waals surface area contributed by atoms with Crippen molar-refractivity contribution in [1.29, 1.82) is 0 Å². The molecule has 0 atom stereocenters. The molecule has 0 radical (unpaired) electrons. The Labute approximate surface area is 103 Å². The molecule has 1 rings (SSSR count). The number of sulfone groups is 1. The smallest absolute Gasteiger partial charge is 0.341 e. The number of anilines is 1. The van der Waals surface area contributed by atoms with E-state index in [9.17, 15) is 22.0 Å². The molecule has 1 aromatic carbocycles. The molecule has 5 nitrogen and oxygen atoms in total. The SMILES string of the molecule is COCC(=O)Nc1ccccc1S(=O)(=O)C(F)F. The Balaban J connectivity index is 3.12. The average Bonchev–Trinajstić information content (AvgIpc) is 2.29. The van der Waals surface area contributed by atoms with Gasteiger partial charge in [-0.15, -0.1) is 0 Å². The third-order valence-electron chi connectivity index (χ3n) is 1.98. The second kappa shape index (κ2) is 5.87. The second-order valence-corrected chi connectivity index (χ2v) is 5.17. The molecule has 0 fully saturated rings. The van der Waals surface area contributed by atoms with E-state index in [1.54, 1.807) is 0 Å². The molecule has 0 spiro atoms. The molecule has 8 heteroatoms. The summed E-state index contributed by atoms with van der Waals surface area (Å²) in [5.74, 6) is -4.17. The van der Waals surface area contributed by atoms with Crippen molar-refractivity contribution in [3.63, 3.8) is 0 Å². The number of nitrogens with one attached hydrogen (secondary N) is 1. The lowest BCUT2D eigenvalue weighted by atomic mass is 10.3. The van der Waals surface area contributed by atoms with Crippen LogP contribution in [0.25, 0.3) is 0 Å². The lowest BCUT2D eigenvalue weighted by Gasteiger charge is -2.10. The monoisotopic (exact) mass is 279 g/mol. The number of hydrogen-bond donors (Lipinski definition) is 1. The summed E-state index contributed by atoms with van der Waals surface area (Å²) in [4.78, 5) is 10.6. The first-order valence-electron chi connectivity index (χ1n) is 4.79. The molecule has 1 N–H and O–H groups in total. The molecule has 0 unspecified atom stereocenters. The summed E-state index contributed by atoms with van der Waals surface area (Å²) >= 11 is 0. The normalized spacial score (nSPS) is 11.6. The van der Waals surface area contributed by atoms with Gasteiger partial charge in [0.15, 0.2) is 0 Å². The predicted octanol–water partition coefficient (Wildman–Crippen LogP) is 1.27. The summed E-state index contributed by atoms with van der Waals surface area (Å²) in [5.41, 5.74) is -0.195. The predicted molar refractivity (Wildman–Crippen MR) is 60.1 cm³/mol. The highest BCUT2D eigenvalue weighted by atomic mass is 32.2. The van der Waals surface area contributed by atoms with E-state index < -0.39 is 26.4 Å². The number of methoxy groups -OCH3 is 1. The minimum atomic E-state index is -4.76. The van der Waals surface area contributed by atoms with Crippen molar-refractivity contribution in [3.8, 4) is 0 Å². The van der Waals surface area contributed by atoms with Gasteiger partial charge in [0.25, 0.3) is 0 Å². The standard InChI is InChI=1S/C10H11F2NO4S/c1-17-6-9(14)13-7-4-2-3-5-8(7)18(15,16)10(11)12/h2-5,10H,6H2,1H3,(H,13,14). The van der Waals surface area contributed by atoms with Crippen LogP contribution in [0.1, 0.15) is 0 Å². The summed E-state index contributed by atoms with van der Waals surface area (Å²) in [6.07, 6.45) is 0. The summed E-state index contributed by atoms with van der Waals surface area (Å²) in [5, 5.41) is 2.20. The molecular formula is C10H11F2NO4S. The highest BCUT2D eigenvalue weighted by Gasteiger charge is 2.29. The number of rotatable bonds is 5. The molecule has 1 aromatic rings. The zero-order valence-electron chi connectivity index (χ0n) is 9.39. The maximum absolute atomic E-state index is 12.4. The molecule has 0 saturated carbocycles. The minimum absolute atomic E-state index is 0.195. The van der Waals surface area contributed by atoms with Crippen molar-refractivity contribution < 1.29 is 26.7 Å². The number of ether oxygens (including phenoxy) is 1. The van der Waals surface area contributed by atoms with E-state index >= 15 is 0 Å². The molecule has 0 saturated heterocycles. The van der Waals surface area contributed by atoms with Gasteiger partial charge < -0.3 is 10.1 Å². The Kier molecular flexibility index (Phi) is 4.74. The Morgan fingerprint density at radius 2 is 2.00 bits per heavy atom. The van der Waals surface area contributed by atoms with Gasteiger partial charge in [0.2, 0.25) is 15.7 Å². The summed E-state index contributed by atoms with van der Waals surface area (Å²) in [6.45, 7) is -0.303. The zero-order chi connectivity index (χ0) is 13.8. The van der Waals surface area contributed by atoms with E-state index in [4.69, 9.17) is 0 Å². The number of carbonyl (C=O) groups is 1. The van der Waals surface area contributed by atoms with Gasteiger partial charge in [-0.3, -0.25) is 4.79 Å². The van der Waals surface area contributed by atoms with Crippen molar-refractivity contribution in [3.05, 3.63) is 24.3 Å². The zero-order valence-corrected chi connectivity index (χ0v) is 10.2. The number of carbonyl (C=O) groups excluding carboxylic acids is 1. The molecule has 18 heavy (non-hydrogen) atoms. The molecule has 0 aromatic heterocycles.